The number of rotatable bonds is 2. The zero-order valence-corrected chi connectivity index (χ0v) is 9.78. The fourth-order valence-corrected chi connectivity index (χ4v) is 2.48. The van der Waals surface area contributed by atoms with Gasteiger partial charge < -0.3 is 4.74 Å². The Balaban J connectivity index is 2.29. The van der Waals surface area contributed by atoms with Crippen molar-refractivity contribution in [2.75, 3.05) is 7.11 Å². The molecule has 1 saturated carbocycles. The molecule has 2 atom stereocenters. The van der Waals surface area contributed by atoms with Gasteiger partial charge in [0.05, 0.1) is 13.0 Å². The number of hydrogen-bond donors (Lipinski definition) is 0. The van der Waals surface area contributed by atoms with E-state index in [1.54, 1.807) is 6.07 Å². The molecule has 1 aromatic rings. The zero-order chi connectivity index (χ0) is 12.4. The van der Waals surface area contributed by atoms with Crippen LogP contribution in [0.3, 0.4) is 0 Å². The normalized spacial score (nSPS) is 23.8. The minimum absolute atomic E-state index is 0.00866. The molecule has 1 aliphatic rings. The number of esters is 1. The lowest BCUT2D eigenvalue weighted by Crippen LogP contribution is -2.19. The minimum Gasteiger partial charge on any atom is -0.469 e. The SMILES string of the molecule is C=C1C[C@@H](C(=O)OC)[C@H](c2cccc(F)c2)C1. The Bertz CT molecular complexity index is 453. The highest BCUT2D eigenvalue weighted by molar-refractivity contribution is 5.75. The summed E-state index contributed by atoms with van der Waals surface area (Å²) in [6, 6.07) is 6.40. The second-order valence-corrected chi connectivity index (χ2v) is 4.45. The molecule has 0 bridgehead atoms. The number of allylic oxidation sites excluding steroid dienone is 1. The first-order valence-corrected chi connectivity index (χ1v) is 5.61. The van der Waals surface area contributed by atoms with Crippen LogP contribution in [0.2, 0.25) is 0 Å². The molecule has 0 spiro atoms. The Morgan fingerprint density at radius 3 is 2.88 bits per heavy atom. The Labute approximate surface area is 100 Å². The molecule has 90 valence electrons. The van der Waals surface area contributed by atoms with Crippen LogP contribution in [-0.2, 0) is 9.53 Å². The van der Waals surface area contributed by atoms with Gasteiger partial charge in [-0.05, 0) is 30.5 Å². The topological polar surface area (TPSA) is 26.3 Å². The highest BCUT2D eigenvalue weighted by Gasteiger charge is 2.36. The molecule has 17 heavy (non-hydrogen) atoms. The van der Waals surface area contributed by atoms with Crippen LogP contribution >= 0.6 is 0 Å². The molecule has 0 amide bonds. The molecule has 0 aliphatic heterocycles. The molecule has 1 fully saturated rings. The number of methoxy groups -OCH3 is 1. The third kappa shape index (κ3) is 2.38. The summed E-state index contributed by atoms with van der Waals surface area (Å²) >= 11 is 0. The fraction of sp³-hybridized carbons (Fsp3) is 0.357. The number of carbonyl (C=O) groups is 1. The van der Waals surface area contributed by atoms with Crippen molar-refractivity contribution in [2.45, 2.75) is 18.8 Å². The number of carbonyl (C=O) groups excluding carboxylic acids is 1. The van der Waals surface area contributed by atoms with Gasteiger partial charge in [-0.1, -0.05) is 24.3 Å². The fourth-order valence-electron chi connectivity index (χ4n) is 2.48. The molecule has 0 unspecified atom stereocenters. The molecular formula is C14H15FO2. The van der Waals surface area contributed by atoms with E-state index < -0.39 is 0 Å². The van der Waals surface area contributed by atoms with E-state index in [1.165, 1.54) is 19.2 Å². The Morgan fingerprint density at radius 2 is 2.24 bits per heavy atom. The van der Waals surface area contributed by atoms with Crippen LogP contribution in [0, 0.1) is 11.7 Å². The lowest BCUT2D eigenvalue weighted by Gasteiger charge is -2.17. The van der Waals surface area contributed by atoms with E-state index in [4.69, 9.17) is 4.74 Å². The van der Waals surface area contributed by atoms with Gasteiger partial charge in [0.2, 0.25) is 0 Å². The van der Waals surface area contributed by atoms with Crippen molar-refractivity contribution >= 4 is 5.97 Å². The molecule has 0 radical (unpaired) electrons. The maximum atomic E-state index is 13.2. The maximum absolute atomic E-state index is 13.2. The van der Waals surface area contributed by atoms with Crippen molar-refractivity contribution in [3.8, 4) is 0 Å². The zero-order valence-electron chi connectivity index (χ0n) is 9.78. The van der Waals surface area contributed by atoms with Gasteiger partial charge in [-0.15, -0.1) is 0 Å². The molecule has 1 aromatic carbocycles. The van der Waals surface area contributed by atoms with E-state index in [-0.39, 0.29) is 23.6 Å². The van der Waals surface area contributed by atoms with E-state index in [9.17, 15) is 9.18 Å². The first-order chi connectivity index (χ1) is 8.11. The van der Waals surface area contributed by atoms with Crippen molar-refractivity contribution in [3.63, 3.8) is 0 Å². The van der Waals surface area contributed by atoms with E-state index in [1.807, 2.05) is 6.07 Å². The van der Waals surface area contributed by atoms with Gasteiger partial charge in [0.1, 0.15) is 5.82 Å². The van der Waals surface area contributed by atoms with Crippen LogP contribution < -0.4 is 0 Å². The van der Waals surface area contributed by atoms with Gasteiger partial charge in [0.15, 0.2) is 0 Å². The molecular weight excluding hydrogens is 219 g/mol. The average Bonchev–Trinajstić information content (AvgIpc) is 2.70. The van der Waals surface area contributed by atoms with Crippen LogP contribution in [0.25, 0.3) is 0 Å². The van der Waals surface area contributed by atoms with E-state index in [2.05, 4.69) is 6.58 Å². The smallest absolute Gasteiger partial charge is 0.309 e. The van der Waals surface area contributed by atoms with Crippen molar-refractivity contribution < 1.29 is 13.9 Å². The van der Waals surface area contributed by atoms with Gasteiger partial charge in [-0.25, -0.2) is 4.39 Å². The summed E-state index contributed by atoms with van der Waals surface area (Å²) in [7, 11) is 1.38. The molecule has 0 N–H and O–H groups in total. The minimum atomic E-state index is -0.274. The van der Waals surface area contributed by atoms with Gasteiger partial charge in [0, 0.05) is 5.92 Å². The second kappa shape index (κ2) is 4.70. The Morgan fingerprint density at radius 1 is 1.47 bits per heavy atom. The number of benzene rings is 1. The molecule has 2 rings (SSSR count). The highest BCUT2D eigenvalue weighted by atomic mass is 19.1. The predicted molar refractivity (Wildman–Crippen MR) is 63.0 cm³/mol. The Hall–Kier alpha value is -1.64. The van der Waals surface area contributed by atoms with E-state index in [0.717, 1.165) is 17.6 Å². The summed E-state index contributed by atoms with van der Waals surface area (Å²) in [5.74, 6) is -0.749. The van der Waals surface area contributed by atoms with Crippen LogP contribution in [-0.4, -0.2) is 13.1 Å². The van der Waals surface area contributed by atoms with Crippen molar-refractivity contribution in [2.24, 2.45) is 5.92 Å². The molecule has 2 nitrogen and oxygen atoms in total. The largest absolute Gasteiger partial charge is 0.469 e. The van der Waals surface area contributed by atoms with Gasteiger partial charge >= 0.3 is 5.97 Å². The number of halogens is 1. The lowest BCUT2D eigenvalue weighted by atomic mass is 9.89. The van der Waals surface area contributed by atoms with Crippen molar-refractivity contribution in [1.29, 1.82) is 0 Å². The number of ether oxygens (including phenoxy) is 1. The van der Waals surface area contributed by atoms with Crippen LogP contribution in [0.15, 0.2) is 36.4 Å². The summed E-state index contributed by atoms with van der Waals surface area (Å²) in [5.41, 5.74) is 1.87. The summed E-state index contributed by atoms with van der Waals surface area (Å²) < 4.78 is 18.0. The van der Waals surface area contributed by atoms with Gasteiger partial charge in [0.25, 0.3) is 0 Å². The lowest BCUT2D eigenvalue weighted by molar-refractivity contribution is -0.145. The summed E-state index contributed by atoms with van der Waals surface area (Å²) in [6.45, 7) is 3.92. The van der Waals surface area contributed by atoms with Crippen LogP contribution in [0.5, 0.6) is 0 Å². The summed E-state index contributed by atoms with van der Waals surface area (Å²) in [5, 5.41) is 0. The third-order valence-electron chi connectivity index (χ3n) is 3.28. The van der Waals surface area contributed by atoms with Gasteiger partial charge in [-0.3, -0.25) is 4.79 Å². The van der Waals surface area contributed by atoms with Crippen molar-refractivity contribution in [3.05, 3.63) is 47.8 Å². The average molecular weight is 234 g/mol. The molecule has 3 heteroatoms. The first-order valence-electron chi connectivity index (χ1n) is 5.61. The van der Waals surface area contributed by atoms with E-state index in [0.29, 0.717) is 6.42 Å². The summed E-state index contributed by atoms with van der Waals surface area (Å²) in [4.78, 5) is 11.7. The third-order valence-corrected chi connectivity index (χ3v) is 3.28. The molecule has 0 heterocycles. The van der Waals surface area contributed by atoms with E-state index >= 15 is 0 Å². The van der Waals surface area contributed by atoms with Crippen molar-refractivity contribution in [1.82, 2.24) is 0 Å². The Kier molecular flexibility index (Phi) is 3.27. The maximum Gasteiger partial charge on any atom is 0.309 e. The van der Waals surface area contributed by atoms with Gasteiger partial charge in [-0.2, -0.15) is 0 Å². The van der Waals surface area contributed by atoms with Crippen LogP contribution in [0.1, 0.15) is 24.3 Å². The first kappa shape index (κ1) is 11.8. The molecule has 1 aliphatic carbocycles. The quantitative estimate of drug-likeness (QED) is 0.580. The standard InChI is InChI=1S/C14H15FO2/c1-9-6-12(13(7-9)14(16)17-2)10-4-3-5-11(15)8-10/h3-5,8,12-13H,1,6-7H2,2H3/t12-,13+/m0/s1. The monoisotopic (exact) mass is 234 g/mol. The predicted octanol–water partition coefficient (Wildman–Crippen LogP) is 3.05. The highest BCUT2D eigenvalue weighted by Crippen LogP contribution is 2.42. The molecule has 0 saturated heterocycles. The van der Waals surface area contributed by atoms with Crippen LogP contribution in [0.4, 0.5) is 4.39 Å². The second-order valence-electron chi connectivity index (χ2n) is 4.45. The number of hydrogen-bond acceptors (Lipinski definition) is 2. The molecule has 0 aromatic heterocycles. The summed E-state index contributed by atoms with van der Waals surface area (Å²) in [6.07, 6.45) is 1.36.